The Morgan fingerprint density at radius 1 is 1.47 bits per heavy atom. The van der Waals surface area contributed by atoms with Crippen LogP contribution in [0, 0.1) is 0 Å². The Morgan fingerprint density at radius 2 is 2.32 bits per heavy atom. The Kier molecular flexibility index (Phi) is 2.73. The van der Waals surface area contributed by atoms with Gasteiger partial charge in [-0.1, -0.05) is 0 Å². The summed E-state index contributed by atoms with van der Waals surface area (Å²) in [7, 11) is 1.55. The third kappa shape index (κ3) is 1.87. The highest BCUT2D eigenvalue weighted by Crippen LogP contribution is 2.27. The number of nitrogen functional groups attached to an aromatic ring is 1. The zero-order chi connectivity index (χ0) is 13.4. The highest BCUT2D eigenvalue weighted by Gasteiger charge is 2.27. The number of ether oxygens (including phenoxy) is 1. The van der Waals surface area contributed by atoms with Crippen LogP contribution in [0.15, 0.2) is 12.1 Å². The number of rotatable bonds is 2. The van der Waals surface area contributed by atoms with Gasteiger partial charge in [0.1, 0.15) is 11.6 Å². The van der Waals surface area contributed by atoms with Crippen LogP contribution in [0.1, 0.15) is 18.9 Å². The van der Waals surface area contributed by atoms with Crippen molar-refractivity contribution in [3.63, 3.8) is 0 Å². The van der Waals surface area contributed by atoms with Gasteiger partial charge < -0.3 is 15.8 Å². The van der Waals surface area contributed by atoms with E-state index in [1.54, 1.807) is 23.8 Å². The number of fused-ring (bicyclic) bond motifs is 1. The van der Waals surface area contributed by atoms with Gasteiger partial charge in [0.05, 0.1) is 7.11 Å². The van der Waals surface area contributed by atoms with Crippen molar-refractivity contribution < 1.29 is 9.53 Å². The fourth-order valence-electron chi connectivity index (χ4n) is 2.40. The zero-order valence-corrected chi connectivity index (χ0v) is 10.6. The number of imidazole rings is 1. The van der Waals surface area contributed by atoms with Gasteiger partial charge in [0, 0.05) is 12.6 Å². The molecule has 1 amide bonds. The van der Waals surface area contributed by atoms with Crippen LogP contribution in [0.3, 0.4) is 0 Å². The van der Waals surface area contributed by atoms with Crippen molar-refractivity contribution in [1.82, 2.24) is 19.9 Å². The fourth-order valence-corrected chi connectivity index (χ4v) is 2.40. The lowest BCUT2D eigenvalue weighted by atomic mass is 10.1. The number of carbonyl (C=O) groups is 1. The monoisotopic (exact) mass is 261 g/mol. The fraction of sp³-hybridized carbons (Fsp3) is 0.417. The predicted molar refractivity (Wildman–Crippen MR) is 69.8 cm³/mol. The lowest BCUT2D eigenvalue weighted by Crippen LogP contribution is -2.38. The van der Waals surface area contributed by atoms with E-state index in [9.17, 15) is 4.79 Å². The van der Waals surface area contributed by atoms with Gasteiger partial charge in [-0.25, -0.2) is 4.98 Å². The van der Waals surface area contributed by atoms with E-state index >= 15 is 0 Å². The van der Waals surface area contributed by atoms with Crippen LogP contribution in [0.25, 0.3) is 11.2 Å². The predicted octanol–water partition coefficient (Wildman–Crippen LogP) is 0.473. The van der Waals surface area contributed by atoms with Crippen LogP contribution >= 0.6 is 0 Å². The number of aromatic nitrogens is 3. The van der Waals surface area contributed by atoms with Crippen molar-refractivity contribution in [3.05, 3.63) is 12.1 Å². The number of methoxy groups -OCH3 is 1. The number of carbonyl (C=O) groups excluding carboxylic acids is 1. The standard InChI is InChI=1S/C12H15N5O2/c1-19-9-5-4-7-10(16-9)17(12(13)15-7)8-3-2-6-14-11(8)18/h4-5,8H,2-3,6H2,1H3,(H2,13,15)(H,14,18). The Morgan fingerprint density at radius 3 is 3.05 bits per heavy atom. The maximum absolute atomic E-state index is 12.0. The zero-order valence-electron chi connectivity index (χ0n) is 10.6. The summed E-state index contributed by atoms with van der Waals surface area (Å²) in [6.45, 7) is 0.707. The maximum Gasteiger partial charge on any atom is 0.243 e. The van der Waals surface area contributed by atoms with Gasteiger partial charge in [0.15, 0.2) is 5.65 Å². The summed E-state index contributed by atoms with van der Waals surface area (Å²) < 4.78 is 6.79. The number of piperidine rings is 1. The number of nitrogens with two attached hydrogens (primary N) is 1. The summed E-state index contributed by atoms with van der Waals surface area (Å²) in [4.78, 5) is 20.6. The molecule has 3 N–H and O–H groups in total. The summed E-state index contributed by atoms with van der Waals surface area (Å²) in [6, 6.07) is 3.16. The number of amides is 1. The number of hydrogen-bond donors (Lipinski definition) is 2. The quantitative estimate of drug-likeness (QED) is 0.819. The Hall–Kier alpha value is -2.31. The molecule has 0 aliphatic carbocycles. The molecule has 1 aliphatic rings. The highest BCUT2D eigenvalue weighted by molar-refractivity contribution is 5.85. The average Bonchev–Trinajstić information content (AvgIpc) is 2.74. The first-order valence-electron chi connectivity index (χ1n) is 6.17. The molecular weight excluding hydrogens is 246 g/mol. The van der Waals surface area contributed by atoms with E-state index in [-0.39, 0.29) is 11.9 Å². The second-order valence-electron chi connectivity index (χ2n) is 4.49. The molecule has 1 atom stereocenters. The van der Waals surface area contributed by atoms with E-state index in [4.69, 9.17) is 10.5 Å². The van der Waals surface area contributed by atoms with Crippen molar-refractivity contribution in [2.24, 2.45) is 0 Å². The van der Waals surface area contributed by atoms with E-state index in [0.717, 1.165) is 12.8 Å². The third-order valence-corrected chi connectivity index (χ3v) is 3.32. The molecule has 19 heavy (non-hydrogen) atoms. The number of nitrogens with one attached hydrogen (secondary N) is 1. The van der Waals surface area contributed by atoms with Crippen LogP contribution in [-0.4, -0.2) is 34.1 Å². The first-order valence-corrected chi connectivity index (χ1v) is 6.17. The first kappa shape index (κ1) is 11.8. The summed E-state index contributed by atoms with van der Waals surface area (Å²) >= 11 is 0. The van der Waals surface area contributed by atoms with Crippen LogP contribution < -0.4 is 15.8 Å². The Bertz CT molecular complexity index is 636. The first-order chi connectivity index (χ1) is 9.20. The normalized spacial score (nSPS) is 19.4. The minimum atomic E-state index is -0.349. The summed E-state index contributed by atoms with van der Waals surface area (Å²) in [5.74, 6) is 0.740. The van der Waals surface area contributed by atoms with Crippen LogP contribution in [0.5, 0.6) is 5.88 Å². The van der Waals surface area contributed by atoms with E-state index in [0.29, 0.717) is 29.5 Å². The van der Waals surface area contributed by atoms with Crippen LogP contribution in [-0.2, 0) is 4.79 Å². The molecule has 0 radical (unpaired) electrons. The minimum absolute atomic E-state index is 0.0399. The lowest BCUT2D eigenvalue weighted by Gasteiger charge is -2.23. The number of pyridine rings is 1. The number of nitrogens with zero attached hydrogens (tertiary/aromatic N) is 3. The summed E-state index contributed by atoms with van der Waals surface area (Å²) in [6.07, 6.45) is 1.65. The molecule has 3 rings (SSSR count). The molecule has 100 valence electrons. The molecule has 0 spiro atoms. The molecule has 1 fully saturated rings. The molecule has 0 bridgehead atoms. The molecule has 2 aromatic rings. The molecule has 1 saturated heterocycles. The molecule has 3 heterocycles. The number of hydrogen-bond acceptors (Lipinski definition) is 5. The van der Waals surface area contributed by atoms with Crippen LogP contribution in [0.4, 0.5) is 5.95 Å². The largest absolute Gasteiger partial charge is 0.481 e. The van der Waals surface area contributed by atoms with E-state index in [1.165, 1.54) is 0 Å². The van der Waals surface area contributed by atoms with Crippen molar-refractivity contribution in [1.29, 1.82) is 0 Å². The topological polar surface area (TPSA) is 95.1 Å². The molecule has 0 aromatic carbocycles. The molecular formula is C12H15N5O2. The minimum Gasteiger partial charge on any atom is -0.481 e. The van der Waals surface area contributed by atoms with Gasteiger partial charge in [-0.05, 0) is 18.9 Å². The average molecular weight is 261 g/mol. The third-order valence-electron chi connectivity index (χ3n) is 3.32. The Balaban J connectivity index is 2.15. The van der Waals surface area contributed by atoms with E-state index < -0.39 is 0 Å². The second kappa shape index (κ2) is 4.42. The number of anilines is 1. The smallest absolute Gasteiger partial charge is 0.243 e. The van der Waals surface area contributed by atoms with Crippen molar-refractivity contribution in [2.75, 3.05) is 19.4 Å². The summed E-state index contributed by atoms with van der Waals surface area (Å²) in [5, 5.41) is 2.84. The summed E-state index contributed by atoms with van der Waals surface area (Å²) in [5.41, 5.74) is 7.17. The van der Waals surface area contributed by atoms with Crippen LogP contribution in [0.2, 0.25) is 0 Å². The van der Waals surface area contributed by atoms with Gasteiger partial charge in [-0.2, -0.15) is 4.98 Å². The second-order valence-corrected chi connectivity index (χ2v) is 4.49. The van der Waals surface area contributed by atoms with Gasteiger partial charge in [0.25, 0.3) is 0 Å². The van der Waals surface area contributed by atoms with Gasteiger partial charge in [-0.15, -0.1) is 0 Å². The maximum atomic E-state index is 12.0. The molecule has 1 unspecified atom stereocenters. The van der Waals surface area contributed by atoms with Gasteiger partial charge in [-0.3, -0.25) is 9.36 Å². The van der Waals surface area contributed by atoms with Crippen molar-refractivity contribution in [3.8, 4) is 5.88 Å². The SMILES string of the molecule is COc1ccc2nc(N)n(C3CCCNC3=O)c2n1. The molecule has 7 heteroatoms. The highest BCUT2D eigenvalue weighted by atomic mass is 16.5. The molecule has 1 aliphatic heterocycles. The Labute approximate surface area is 109 Å². The van der Waals surface area contributed by atoms with Crippen molar-refractivity contribution in [2.45, 2.75) is 18.9 Å². The molecule has 7 nitrogen and oxygen atoms in total. The van der Waals surface area contributed by atoms with E-state index in [2.05, 4.69) is 15.3 Å². The van der Waals surface area contributed by atoms with Gasteiger partial charge >= 0.3 is 0 Å². The van der Waals surface area contributed by atoms with Crippen molar-refractivity contribution >= 4 is 23.0 Å². The lowest BCUT2D eigenvalue weighted by molar-refractivity contribution is -0.125. The van der Waals surface area contributed by atoms with Gasteiger partial charge in [0.2, 0.25) is 17.7 Å². The molecule has 2 aromatic heterocycles. The van der Waals surface area contributed by atoms with E-state index in [1.807, 2.05) is 0 Å². The molecule has 0 saturated carbocycles.